The van der Waals surface area contributed by atoms with Gasteiger partial charge in [0.1, 0.15) is 5.92 Å². The Kier molecular flexibility index (Phi) is 6.67. The molecule has 1 aliphatic heterocycles. The molecule has 22 heavy (non-hydrogen) atoms. The fourth-order valence-electron chi connectivity index (χ4n) is 2.20. The molecule has 1 aromatic carbocycles. The van der Waals surface area contributed by atoms with Gasteiger partial charge in [-0.15, -0.1) is 0 Å². The van der Waals surface area contributed by atoms with Gasteiger partial charge in [-0.25, -0.2) is 0 Å². The molecule has 0 spiro atoms. The molecule has 124 valence electrons. The van der Waals surface area contributed by atoms with E-state index in [2.05, 4.69) is 0 Å². The zero-order valence-electron chi connectivity index (χ0n) is 12.3. The molecule has 0 N–H and O–H groups in total. The van der Waals surface area contributed by atoms with Crippen molar-refractivity contribution in [3.8, 4) is 0 Å². The molecular weight excluding hydrogens is 297 g/mol. The molecule has 1 aromatic rings. The van der Waals surface area contributed by atoms with Crippen molar-refractivity contribution in [2.24, 2.45) is 5.92 Å². The smallest absolute Gasteiger partial charge is 0.376 e. The molecule has 1 saturated heterocycles. The van der Waals surface area contributed by atoms with Gasteiger partial charge in [0.15, 0.2) is 6.29 Å². The molecular formula is C16H21F3O3. The first-order valence-corrected chi connectivity index (χ1v) is 7.47. The second-order valence-corrected chi connectivity index (χ2v) is 5.37. The third-order valence-electron chi connectivity index (χ3n) is 3.51. The Balaban J connectivity index is 1.76. The van der Waals surface area contributed by atoms with Crippen molar-refractivity contribution in [3.63, 3.8) is 0 Å². The summed E-state index contributed by atoms with van der Waals surface area (Å²) in [5, 5.41) is 0. The fraction of sp³-hybridized carbons (Fsp3) is 0.625. The molecule has 1 heterocycles. The van der Waals surface area contributed by atoms with E-state index in [4.69, 9.17) is 14.2 Å². The van der Waals surface area contributed by atoms with Crippen molar-refractivity contribution < 1.29 is 27.4 Å². The maximum atomic E-state index is 13.0. The molecule has 0 aromatic heterocycles. The minimum Gasteiger partial charge on any atom is -0.376 e. The Morgan fingerprint density at radius 3 is 2.55 bits per heavy atom. The van der Waals surface area contributed by atoms with E-state index in [1.807, 2.05) is 30.3 Å². The maximum Gasteiger partial charge on any atom is 0.396 e. The van der Waals surface area contributed by atoms with E-state index < -0.39 is 31.6 Å². The van der Waals surface area contributed by atoms with Crippen LogP contribution in [0.25, 0.3) is 0 Å². The summed E-state index contributed by atoms with van der Waals surface area (Å²) in [6.07, 6.45) is -2.36. The molecule has 0 bridgehead atoms. The highest BCUT2D eigenvalue weighted by molar-refractivity contribution is 5.13. The summed E-state index contributed by atoms with van der Waals surface area (Å²) in [6, 6.07) is 9.12. The van der Waals surface area contributed by atoms with Crippen LogP contribution in [0.15, 0.2) is 30.3 Å². The molecule has 1 aliphatic rings. The molecule has 1 unspecified atom stereocenters. The van der Waals surface area contributed by atoms with Gasteiger partial charge in [0, 0.05) is 6.61 Å². The Morgan fingerprint density at radius 2 is 1.91 bits per heavy atom. The molecule has 3 nitrogen and oxygen atoms in total. The van der Waals surface area contributed by atoms with Gasteiger partial charge in [-0.2, -0.15) is 13.2 Å². The van der Waals surface area contributed by atoms with Crippen molar-refractivity contribution >= 4 is 0 Å². The minimum absolute atomic E-state index is 0.160. The predicted molar refractivity (Wildman–Crippen MR) is 75.2 cm³/mol. The molecule has 2 atom stereocenters. The third-order valence-corrected chi connectivity index (χ3v) is 3.51. The molecule has 2 rings (SSSR count). The van der Waals surface area contributed by atoms with Crippen LogP contribution < -0.4 is 0 Å². The Morgan fingerprint density at radius 1 is 1.14 bits per heavy atom. The molecule has 0 radical (unpaired) electrons. The van der Waals surface area contributed by atoms with Crippen LogP contribution in [0.5, 0.6) is 0 Å². The fourth-order valence-corrected chi connectivity index (χ4v) is 2.20. The summed E-state index contributed by atoms with van der Waals surface area (Å²) < 4.78 is 54.7. The second kappa shape index (κ2) is 8.50. The lowest BCUT2D eigenvalue weighted by atomic mass is 10.1. The lowest BCUT2D eigenvalue weighted by molar-refractivity contribution is -0.231. The van der Waals surface area contributed by atoms with Gasteiger partial charge in [-0.1, -0.05) is 30.3 Å². The first-order valence-electron chi connectivity index (χ1n) is 7.47. The maximum absolute atomic E-state index is 13.0. The SMILES string of the molecule is FC(F)(F)[C@H](COCc1ccccc1)COC1CCCCO1. The number of ether oxygens (including phenoxy) is 3. The normalized spacial score (nSPS) is 20.8. The van der Waals surface area contributed by atoms with Crippen molar-refractivity contribution in [2.45, 2.75) is 38.3 Å². The number of hydrogen-bond donors (Lipinski definition) is 0. The highest BCUT2D eigenvalue weighted by Gasteiger charge is 2.40. The van der Waals surface area contributed by atoms with Gasteiger partial charge < -0.3 is 14.2 Å². The van der Waals surface area contributed by atoms with Gasteiger partial charge in [0.25, 0.3) is 0 Å². The van der Waals surface area contributed by atoms with Gasteiger partial charge >= 0.3 is 6.18 Å². The van der Waals surface area contributed by atoms with Crippen molar-refractivity contribution in [3.05, 3.63) is 35.9 Å². The van der Waals surface area contributed by atoms with Gasteiger partial charge in [0.2, 0.25) is 0 Å². The van der Waals surface area contributed by atoms with E-state index >= 15 is 0 Å². The lowest BCUT2D eigenvalue weighted by Gasteiger charge is -2.26. The van der Waals surface area contributed by atoms with E-state index in [0.29, 0.717) is 13.0 Å². The zero-order chi connectivity index (χ0) is 15.8. The summed E-state index contributed by atoms with van der Waals surface area (Å²) >= 11 is 0. The van der Waals surface area contributed by atoms with Crippen LogP contribution in [-0.4, -0.2) is 32.3 Å². The van der Waals surface area contributed by atoms with Gasteiger partial charge in [-0.05, 0) is 24.8 Å². The summed E-state index contributed by atoms with van der Waals surface area (Å²) in [5.41, 5.74) is 0.847. The quantitative estimate of drug-likeness (QED) is 0.762. The average Bonchev–Trinajstić information content (AvgIpc) is 2.51. The Hall–Kier alpha value is -1.11. The van der Waals surface area contributed by atoms with Crippen LogP contribution in [0.2, 0.25) is 0 Å². The number of hydrogen-bond acceptors (Lipinski definition) is 3. The highest BCUT2D eigenvalue weighted by atomic mass is 19.4. The molecule has 1 fully saturated rings. The van der Waals surface area contributed by atoms with Crippen LogP contribution in [-0.2, 0) is 20.8 Å². The molecule has 0 aliphatic carbocycles. The number of rotatable bonds is 7. The summed E-state index contributed by atoms with van der Waals surface area (Å²) in [7, 11) is 0. The largest absolute Gasteiger partial charge is 0.396 e. The number of benzene rings is 1. The van der Waals surface area contributed by atoms with E-state index in [1.54, 1.807) is 0 Å². The number of alkyl halides is 3. The molecule has 6 heteroatoms. The van der Waals surface area contributed by atoms with Crippen LogP contribution in [0.3, 0.4) is 0 Å². The average molecular weight is 318 g/mol. The third kappa shape index (κ3) is 5.94. The van der Waals surface area contributed by atoms with E-state index in [9.17, 15) is 13.2 Å². The summed E-state index contributed by atoms with van der Waals surface area (Å²) in [5.74, 6) is -1.64. The summed E-state index contributed by atoms with van der Waals surface area (Å²) in [4.78, 5) is 0. The predicted octanol–water partition coefficient (Wildman–Crippen LogP) is 3.92. The van der Waals surface area contributed by atoms with Crippen LogP contribution in [0.4, 0.5) is 13.2 Å². The van der Waals surface area contributed by atoms with Gasteiger partial charge in [-0.3, -0.25) is 0 Å². The molecule has 0 saturated carbocycles. The Bertz CT molecular complexity index is 416. The zero-order valence-corrected chi connectivity index (χ0v) is 12.3. The summed E-state index contributed by atoms with van der Waals surface area (Å²) in [6.45, 7) is -0.132. The van der Waals surface area contributed by atoms with E-state index in [0.717, 1.165) is 18.4 Å². The van der Waals surface area contributed by atoms with Crippen LogP contribution >= 0.6 is 0 Å². The van der Waals surface area contributed by atoms with Crippen molar-refractivity contribution in [1.82, 2.24) is 0 Å². The van der Waals surface area contributed by atoms with Gasteiger partial charge in [0.05, 0.1) is 19.8 Å². The minimum atomic E-state index is -4.34. The molecule has 0 amide bonds. The lowest BCUT2D eigenvalue weighted by Crippen LogP contribution is -2.34. The second-order valence-electron chi connectivity index (χ2n) is 5.37. The Labute approximate surface area is 128 Å². The topological polar surface area (TPSA) is 27.7 Å². The van der Waals surface area contributed by atoms with Crippen molar-refractivity contribution in [1.29, 1.82) is 0 Å². The first-order chi connectivity index (χ1) is 10.6. The monoisotopic (exact) mass is 318 g/mol. The van der Waals surface area contributed by atoms with Crippen LogP contribution in [0.1, 0.15) is 24.8 Å². The van der Waals surface area contributed by atoms with Crippen molar-refractivity contribution in [2.75, 3.05) is 19.8 Å². The van der Waals surface area contributed by atoms with E-state index in [-0.39, 0.29) is 6.61 Å². The van der Waals surface area contributed by atoms with E-state index in [1.165, 1.54) is 0 Å². The number of halogens is 3. The van der Waals surface area contributed by atoms with Crippen LogP contribution in [0, 0.1) is 5.92 Å². The standard InChI is InChI=1S/C16H21F3O3/c17-16(18,19)14(12-22-15-8-4-5-9-21-15)11-20-10-13-6-2-1-3-7-13/h1-3,6-7,14-15H,4-5,8-12H2/t14-,15?/m1/s1. The highest BCUT2D eigenvalue weighted by Crippen LogP contribution is 2.28. The first kappa shape index (κ1) is 17.2.